The normalized spacial score (nSPS) is 14.4. The molecule has 0 saturated carbocycles. The zero-order valence-electron chi connectivity index (χ0n) is 14.9. The Morgan fingerprint density at radius 2 is 1.83 bits per heavy atom. The number of fused-ring (bicyclic) bond motifs is 2. The number of hydrogen-bond donors (Lipinski definition) is 3. The lowest BCUT2D eigenvalue weighted by molar-refractivity contribution is 0.101. The number of nitrogens with one attached hydrogen (secondary N) is 1. The Hall–Kier alpha value is -4.06. The molecule has 0 spiro atoms. The molecule has 0 aliphatic carbocycles. The molecular weight excluding hydrogens is 373 g/mol. The van der Waals surface area contributed by atoms with Gasteiger partial charge in [0.2, 0.25) is 5.78 Å². The van der Waals surface area contributed by atoms with Crippen LogP contribution >= 0.6 is 0 Å². The summed E-state index contributed by atoms with van der Waals surface area (Å²) in [7, 11) is 0. The van der Waals surface area contributed by atoms with Crippen molar-refractivity contribution < 1.29 is 24.1 Å². The van der Waals surface area contributed by atoms with Gasteiger partial charge in [0.1, 0.15) is 28.6 Å². The molecule has 4 aromatic rings. The van der Waals surface area contributed by atoms with Gasteiger partial charge < -0.3 is 19.9 Å². The predicted molar refractivity (Wildman–Crippen MR) is 106 cm³/mol. The number of carbonyl (C=O) groups is 1. The molecule has 5 rings (SSSR count). The molecule has 29 heavy (non-hydrogen) atoms. The van der Waals surface area contributed by atoms with Gasteiger partial charge in [0.15, 0.2) is 5.76 Å². The smallest absolute Gasteiger partial charge is 0.235 e. The average molecular weight is 387 g/mol. The topological polar surface area (TPSA) is 82.6 Å². The number of ketones is 1. The molecule has 0 unspecified atom stereocenters. The van der Waals surface area contributed by atoms with Gasteiger partial charge in [0.05, 0.1) is 0 Å². The van der Waals surface area contributed by atoms with E-state index in [2.05, 4.69) is 4.98 Å². The van der Waals surface area contributed by atoms with Gasteiger partial charge in [-0.2, -0.15) is 0 Å². The average Bonchev–Trinajstić information content (AvgIpc) is 3.24. The van der Waals surface area contributed by atoms with Crippen molar-refractivity contribution in [1.29, 1.82) is 0 Å². The van der Waals surface area contributed by atoms with Crippen LogP contribution in [0, 0.1) is 5.82 Å². The Bertz CT molecular complexity index is 1320. The van der Waals surface area contributed by atoms with Gasteiger partial charge in [-0.15, -0.1) is 0 Å². The van der Waals surface area contributed by atoms with Crippen molar-refractivity contribution in [3.8, 4) is 28.4 Å². The number of phenolic OH excluding ortho intramolecular Hbond substituents is 2. The first kappa shape index (κ1) is 17.1. The van der Waals surface area contributed by atoms with Crippen molar-refractivity contribution >= 4 is 22.8 Å². The number of aromatic amines is 1. The van der Waals surface area contributed by atoms with E-state index in [1.54, 1.807) is 24.4 Å². The number of aromatic nitrogens is 1. The SMILES string of the molecule is O=C1/C(=C/c2c[nH]c3cccc(-c4ccc(F)cc4)c23)Oc2cc(O)cc(O)c21. The fourth-order valence-corrected chi connectivity index (χ4v) is 3.61. The number of aromatic hydroxyl groups is 2. The number of hydrogen-bond acceptors (Lipinski definition) is 4. The number of ether oxygens (including phenoxy) is 1. The number of halogens is 1. The molecule has 5 nitrogen and oxygen atoms in total. The van der Waals surface area contributed by atoms with Gasteiger partial charge in [-0.1, -0.05) is 24.3 Å². The van der Waals surface area contributed by atoms with Crippen LogP contribution in [0.15, 0.2) is 66.6 Å². The van der Waals surface area contributed by atoms with Crippen molar-refractivity contribution in [2.45, 2.75) is 0 Å². The highest BCUT2D eigenvalue weighted by Crippen LogP contribution is 2.41. The summed E-state index contributed by atoms with van der Waals surface area (Å²) in [6, 6.07) is 14.3. The molecule has 3 N–H and O–H groups in total. The first-order chi connectivity index (χ1) is 14.0. The molecule has 0 bridgehead atoms. The minimum Gasteiger partial charge on any atom is -0.508 e. The molecule has 3 aromatic carbocycles. The van der Waals surface area contributed by atoms with E-state index in [4.69, 9.17) is 4.74 Å². The monoisotopic (exact) mass is 387 g/mol. The summed E-state index contributed by atoms with van der Waals surface area (Å²) in [4.78, 5) is 15.9. The molecule has 6 heteroatoms. The van der Waals surface area contributed by atoms with Gasteiger partial charge in [0, 0.05) is 34.8 Å². The molecule has 142 valence electrons. The number of rotatable bonds is 2. The van der Waals surface area contributed by atoms with Gasteiger partial charge in [0.25, 0.3) is 0 Å². The second kappa shape index (κ2) is 6.24. The van der Waals surface area contributed by atoms with Crippen molar-refractivity contribution in [2.24, 2.45) is 0 Å². The fourth-order valence-electron chi connectivity index (χ4n) is 3.61. The molecule has 1 aliphatic heterocycles. The van der Waals surface area contributed by atoms with Gasteiger partial charge in [-0.05, 0) is 35.4 Å². The molecule has 1 aromatic heterocycles. The van der Waals surface area contributed by atoms with Gasteiger partial charge >= 0.3 is 0 Å². The fraction of sp³-hybridized carbons (Fsp3) is 0. The Labute approximate surface area is 164 Å². The third-order valence-electron chi connectivity index (χ3n) is 4.92. The lowest BCUT2D eigenvalue weighted by Gasteiger charge is -2.06. The lowest BCUT2D eigenvalue weighted by Crippen LogP contribution is -1.98. The molecule has 1 aliphatic rings. The molecule has 2 heterocycles. The molecule has 0 atom stereocenters. The Morgan fingerprint density at radius 1 is 1.03 bits per heavy atom. The lowest BCUT2D eigenvalue weighted by atomic mass is 9.98. The van der Waals surface area contributed by atoms with E-state index < -0.39 is 5.78 Å². The molecular formula is C23H14FNO4. The van der Waals surface area contributed by atoms with Crippen LogP contribution in [0.5, 0.6) is 17.2 Å². The summed E-state index contributed by atoms with van der Waals surface area (Å²) in [5, 5.41) is 20.5. The number of benzene rings is 3. The molecule has 0 amide bonds. The summed E-state index contributed by atoms with van der Waals surface area (Å²) in [5.41, 5.74) is 3.29. The summed E-state index contributed by atoms with van der Waals surface area (Å²) in [5.74, 6) is -1.16. The highest BCUT2D eigenvalue weighted by molar-refractivity contribution is 6.17. The van der Waals surface area contributed by atoms with E-state index in [9.17, 15) is 19.4 Å². The second-order valence-electron chi connectivity index (χ2n) is 6.76. The zero-order valence-corrected chi connectivity index (χ0v) is 14.9. The number of Topliss-reactive ketones (excluding diaryl/α,β-unsaturated/α-hetero) is 1. The van der Waals surface area contributed by atoms with E-state index in [-0.39, 0.29) is 34.4 Å². The van der Waals surface area contributed by atoms with Crippen LogP contribution < -0.4 is 4.74 Å². The van der Waals surface area contributed by atoms with E-state index in [1.165, 1.54) is 18.2 Å². The van der Waals surface area contributed by atoms with E-state index in [0.29, 0.717) is 5.56 Å². The largest absolute Gasteiger partial charge is 0.508 e. The maximum atomic E-state index is 13.3. The first-order valence-electron chi connectivity index (χ1n) is 8.87. The van der Waals surface area contributed by atoms with Crippen molar-refractivity contribution in [1.82, 2.24) is 4.98 Å². The second-order valence-corrected chi connectivity index (χ2v) is 6.76. The highest BCUT2D eigenvalue weighted by atomic mass is 19.1. The van der Waals surface area contributed by atoms with Crippen LogP contribution in [0.25, 0.3) is 28.1 Å². The highest BCUT2D eigenvalue weighted by Gasteiger charge is 2.31. The summed E-state index contributed by atoms with van der Waals surface area (Å²) < 4.78 is 18.9. The predicted octanol–water partition coefficient (Wildman–Crippen LogP) is 5.00. The van der Waals surface area contributed by atoms with Crippen LogP contribution in [0.3, 0.4) is 0 Å². The number of carbonyl (C=O) groups excluding carboxylic acids is 1. The minimum absolute atomic E-state index is 0.0210. The molecule has 0 fully saturated rings. The van der Waals surface area contributed by atoms with E-state index >= 15 is 0 Å². The summed E-state index contributed by atoms with van der Waals surface area (Å²) in [6.45, 7) is 0. The molecule has 0 radical (unpaired) electrons. The summed E-state index contributed by atoms with van der Waals surface area (Å²) in [6.07, 6.45) is 3.34. The van der Waals surface area contributed by atoms with Crippen LogP contribution in [0.4, 0.5) is 4.39 Å². The van der Waals surface area contributed by atoms with Crippen LogP contribution in [0.1, 0.15) is 15.9 Å². The van der Waals surface area contributed by atoms with Gasteiger partial charge in [-0.25, -0.2) is 4.39 Å². The summed E-state index contributed by atoms with van der Waals surface area (Å²) >= 11 is 0. The Morgan fingerprint density at radius 3 is 2.62 bits per heavy atom. The zero-order chi connectivity index (χ0) is 20.1. The Kier molecular flexibility index (Phi) is 3.67. The van der Waals surface area contributed by atoms with Crippen molar-refractivity contribution in [2.75, 3.05) is 0 Å². The number of H-pyrrole nitrogens is 1. The van der Waals surface area contributed by atoms with Crippen LogP contribution in [0.2, 0.25) is 0 Å². The van der Waals surface area contributed by atoms with Crippen molar-refractivity contribution in [3.05, 3.63) is 83.5 Å². The number of allylic oxidation sites excluding steroid dienone is 1. The maximum absolute atomic E-state index is 13.3. The van der Waals surface area contributed by atoms with E-state index in [0.717, 1.165) is 28.1 Å². The van der Waals surface area contributed by atoms with Crippen LogP contribution in [-0.4, -0.2) is 21.0 Å². The third kappa shape index (κ3) is 2.73. The van der Waals surface area contributed by atoms with Gasteiger partial charge in [-0.3, -0.25) is 4.79 Å². The first-order valence-corrected chi connectivity index (χ1v) is 8.87. The van der Waals surface area contributed by atoms with Crippen molar-refractivity contribution in [3.63, 3.8) is 0 Å². The molecule has 0 saturated heterocycles. The maximum Gasteiger partial charge on any atom is 0.235 e. The van der Waals surface area contributed by atoms with Crippen LogP contribution in [-0.2, 0) is 0 Å². The standard InChI is InChI=1S/C23H14FNO4/c24-14-6-4-12(5-7-14)16-2-1-3-17-21(16)13(11-25-17)8-20-23(28)22-18(27)9-15(26)10-19(22)29-20/h1-11,25-27H/b20-8-. The minimum atomic E-state index is -0.467. The van der Waals surface area contributed by atoms with E-state index in [1.807, 2.05) is 18.2 Å². The number of phenols is 2. The third-order valence-corrected chi connectivity index (χ3v) is 4.92. The Balaban J connectivity index is 1.65. The quantitative estimate of drug-likeness (QED) is 0.423.